The zero-order valence-electron chi connectivity index (χ0n) is 12.0. The van der Waals surface area contributed by atoms with Crippen LogP contribution < -0.4 is 5.32 Å². The van der Waals surface area contributed by atoms with Gasteiger partial charge in [-0.2, -0.15) is 0 Å². The van der Waals surface area contributed by atoms with Crippen LogP contribution in [0, 0.1) is 0 Å². The van der Waals surface area contributed by atoms with Gasteiger partial charge in [-0.05, 0) is 25.7 Å². The molecular weight excluding hydrogens is 258 g/mol. The molecule has 0 spiro atoms. The van der Waals surface area contributed by atoms with Crippen LogP contribution in [0.5, 0.6) is 0 Å². The zero-order valence-corrected chi connectivity index (χ0v) is 12.0. The second-order valence-electron chi connectivity index (χ2n) is 5.70. The monoisotopic (exact) mass is 283 g/mol. The minimum absolute atomic E-state index is 0.121. The van der Waals surface area contributed by atoms with Crippen LogP contribution in [-0.2, 0) is 9.59 Å². The SMILES string of the molecule is O=C(O)CCC1CCCCN1C(=O)CN1CCNCC1. The Kier molecular flexibility index (Phi) is 5.79. The molecule has 6 nitrogen and oxygen atoms in total. The van der Waals surface area contributed by atoms with Gasteiger partial charge in [0.1, 0.15) is 0 Å². The average molecular weight is 283 g/mol. The molecule has 2 fully saturated rings. The molecule has 6 heteroatoms. The molecule has 2 N–H and O–H groups in total. The summed E-state index contributed by atoms with van der Waals surface area (Å²) in [6.07, 6.45) is 3.82. The van der Waals surface area contributed by atoms with Crippen molar-refractivity contribution >= 4 is 11.9 Å². The molecule has 0 saturated carbocycles. The van der Waals surface area contributed by atoms with Gasteiger partial charge in [0.05, 0.1) is 6.54 Å². The van der Waals surface area contributed by atoms with Crippen molar-refractivity contribution in [1.29, 1.82) is 0 Å². The van der Waals surface area contributed by atoms with Crippen LogP contribution in [0.2, 0.25) is 0 Å². The van der Waals surface area contributed by atoms with Gasteiger partial charge in [0.2, 0.25) is 5.91 Å². The van der Waals surface area contributed by atoms with Crippen LogP contribution in [0.4, 0.5) is 0 Å². The highest BCUT2D eigenvalue weighted by molar-refractivity contribution is 5.78. The predicted molar refractivity (Wildman–Crippen MR) is 75.5 cm³/mol. The first-order valence-electron chi connectivity index (χ1n) is 7.61. The van der Waals surface area contributed by atoms with E-state index in [1.807, 2.05) is 4.90 Å². The third-order valence-corrected chi connectivity index (χ3v) is 4.21. The number of aliphatic carboxylic acids is 1. The standard InChI is InChI=1S/C14H25N3O3/c18-13(11-16-9-6-15-7-10-16)17-8-2-1-3-12(17)4-5-14(19)20/h12,15H,1-11H2,(H,19,20). The highest BCUT2D eigenvalue weighted by Crippen LogP contribution is 2.21. The molecule has 2 rings (SSSR count). The minimum Gasteiger partial charge on any atom is -0.481 e. The number of carbonyl (C=O) groups is 2. The van der Waals surface area contributed by atoms with Gasteiger partial charge in [-0.3, -0.25) is 14.5 Å². The fraction of sp³-hybridized carbons (Fsp3) is 0.857. The highest BCUT2D eigenvalue weighted by atomic mass is 16.4. The molecule has 2 aliphatic heterocycles. The van der Waals surface area contributed by atoms with Gasteiger partial charge < -0.3 is 15.3 Å². The van der Waals surface area contributed by atoms with Crippen LogP contribution in [0.25, 0.3) is 0 Å². The maximum atomic E-state index is 12.4. The summed E-state index contributed by atoms with van der Waals surface area (Å²) >= 11 is 0. The smallest absolute Gasteiger partial charge is 0.303 e. The lowest BCUT2D eigenvalue weighted by atomic mass is 9.97. The number of hydrogen-bond acceptors (Lipinski definition) is 4. The van der Waals surface area contributed by atoms with E-state index in [0.717, 1.165) is 52.0 Å². The number of piperidine rings is 1. The summed E-state index contributed by atoms with van der Waals surface area (Å²) in [5.41, 5.74) is 0. The fourth-order valence-corrected chi connectivity index (χ4v) is 3.07. The number of carboxylic acid groups (broad SMARTS) is 1. The minimum atomic E-state index is -0.773. The Morgan fingerprint density at radius 1 is 1.15 bits per heavy atom. The van der Waals surface area contributed by atoms with E-state index in [2.05, 4.69) is 10.2 Å². The molecule has 0 bridgehead atoms. The Hall–Kier alpha value is -1.14. The van der Waals surface area contributed by atoms with Crippen molar-refractivity contribution < 1.29 is 14.7 Å². The molecule has 0 aromatic heterocycles. The molecule has 114 valence electrons. The topological polar surface area (TPSA) is 72.9 Å². The molecule has 0 radical (unpaired) electrons. The molecule has 0 aromatic carbocycles. The Balaban J connectivity index is 1.85. The van der Waals surface area contributed by atoms with Gasteiger partial charge in [0.15, 0.2) is 0 Å². The first-order valence-corrected chi connectivity index (χ1v) is 7.61. The lowest BCUT2D eigenvalue weighted by Gasteiger charge is -2.37. The number of rotatable bonds is 5. The van der Waals surface area contributed by atoms with Crippen molar-refractivity contribution in [2.45, 2.75) is 38.1 Å². The largest absolute Gasteiger partial charge is 0.481 e. The van der Waals surface area contributed by atoms with Gasteiger partial charge in [0.25, 0.3) is 0 Å². The van der Waals surface area contributed by atoms with Gasteiger partial charge in [-0.15, -0.1) is 0 Å². The van der Waals surface area contributed by atoms with E-state index in [0.29, 0.717) is 13.0 Å². The first kappa shape index (κ1) is 15.3. The number of piperazine rings is 1. The van der Waals surface area contributed by atoms with Crippen LogP contribution in [0.15, 0.2) is 0 Å². The number of nitrogens with zero attached hydrogens (tertiary/aromatic N) is 2. The second-order valence-corrected chi connectivity index (χ2v) is 5.70. The molecule has 2 heterocycles. The van der Waals surface area contributed by atoms with E-state index in [9.17, 15) is 9.59 Å². The molecule has 2 aliphatic rings. The number of hydrogen-bond donors (Lipinski definition) is 2. The van der Waals surface area contributed by atoms with Crippen molar-refractivity contribution in [1.82, 2.24) is 15.1 Å². The summed E-state index contributed by atoms with van der Waals surface area (Å²) < 4.78 is 0. The highest BCUT2D eigenvalue weighted by Gasteiger charge is 2.28. The van der Waals surface area contributed by atoms with Crippen LogP contribution in [-0.4, -0.2) is 72.1 Å². The van der Waals surface area contributed by atoms with E-state index in [4.69, 9.17) is 5.11 Å². The molecule has 20 heavy (non-hydrogen) atoms. The van der Waals surface area contributed by atoms with Gasteiger partial charge >= 0.3 is 5.97 Å². The summed E-state index contributed by atoms with van der Waals surface area (Å²) in [6, 6.07) is 0.121. The van der Waals surface area contributed by atoms with Gasteiger partial charge in [-0.1, -0.05) is 0 Å². The second kappa shape index (κ2) is 7.59. The molecule has 1 amide bonds. The number of carboxylic acids is 1. The summed E-state index contributed by atoms with van der Waals surface area (Å²) in [4.78, 5) is 27.3. The molecule has 0 aliphatic carbocycles. The van der Waals surface area contributed by atoms with Crippen molar-refractivity contribution in [3.63, 3.8) is 0 Å². The van der Waals surface area contributed by atoms with E-state index >= 15 is 0 Å². The van der Waals surface area contributed by atoms with E-state index < -0.39 is 5.97 Å². The van der Waals surface area contributed by atoms with Crippen LogP contribution >= 0.6 is 0 Å². The maximum absolute atomic E-state index is 12.4. The predicted octanol–water partition coefficient (Wildman–Crippen LogP) is 0.138. The summed E-state index contributed by atoms with van der Waals surface area (Å²) in [5.74, 6) is -0.605. The Morgan fingerprint density at radius 2 is 1.90 bits per heavy atom. The Labute approximate surface area is 120 Å². The molecule has 2 saturated heterocycles. The Bertz CT molecular complexity index is 343. The van der Waals surface area contributed by atoms with Crippen LogP contribution in [0.1, 0.15) is 32.1 Å². The fourth-order valence-electron chi connectivity index (χ4n) is 3.07. The number of amides is 1. The van der Waals surface area contributed by atoms with Crippen molar-refractivity contribution in [3.8, 4) is 0 Å². The average Bonchev–Trinajstić information content (AvgIpc) is 2.46. The van der Waals surface area contributed by atoms with Crippen LogP contribution in [0.3, 0.4) is 0 Å². The van der Waals surface area contributed by atoms with Crippen molar-refractivity contribution in [3.05, 3.63) is 0 Å². The third-order valence-electron chi connectivity index (χ3n) is 4.21. The maximum Gasteiger partial charge on any atom is 0.303 e. The number of likely N-dealkylation sites (tertiary alicyclic amines) is 1. The third kappa shape index (κ3) is 4.45. The summed E-state index contributed by atoms with van der Waals surface area (Å²) in [7, 11) is 0. The number of nitrogens with one attached hydrogen (secondary N) is 1. The van der Waals surface area contributed by atoms with E-state index in [1.165, 1.54) is 0 Å². The van der Waals surface area contributed by atoms with Gasteiger partial charge in [0, 0.05) is 45.2 Å². The number of carbonyl (C=O) groups excluding carboxylic acids is 1. The lowest BCUT2D eigenvalue weighted by molar-refractivity contribution is -0.140. The normalized spacial score (nSPS) is 24.6. The molecule has 0 aromatic rings. The Morgan fingerprint density at radius 3 is 2.60 bits per heavy atom. The lowest BCUT2D eigenvalue weighted by Crippen LogP contribution is -2.51. The van der Waals surface area contributed by atoms with Crippen molar-refractivity contribution in [2.24, 2.45) is 0 Å². The summed E-state index contributed by atoms with van der Waals surface area (Å²) in [5, 5.41) is 12.1. The molecule has 1 atom stereocenters. The summed E-state index contributed by atoms with van der Waals surface area (Å²) in [6.45, 7) is 4.98. The quantitative estimate of drug-likeness (QED) is 0.751. The first-order chi connectivity index (χ1) is 9.66. The zero-order chi connectivity index (χ0) is 14.4. The van der Waals surface area contributed by atoms with Gasteiger partial charge in [-0.25, -0.2) is 0 Å². The van der Waals surface area contributed by atoms with Crippen molar-refractivity contribution in [2.75, 3.05) is 39.3 Å². The molecular formula is C14H25N3O3. The van der Waals surface area contributed by atoms with E-state index in [1.54, 1.807) is 0 Å². The van der Waals surface area contributed by atoms with E-state index in [-0.39, 0.29) is 18.4 Å². The molecule has 1 unspecified atom stereocenters.